The zero-order valence-corrected chi connectivity index (χ0v) is 8.97. The summed E-state index contributed by atoms with van der Waals surface area (Å²) in [6.07, 6.45) is 1.87. The second kappa shape index (κ2) is 4.70. The quantitative estimate of drug-likeness (QED) is 0.763. The van der Waals surface area contributed by atoms with E-state index in [-0.39, 0.29) is 12.1 Å². The number of hydrogen-bond acceptors (Lipinski definition) is 4. The molecule has 1 saturated heterocycles. The summed E-state index contributed by atoms with van der Waals surface area (Å²) in [5.41, 5.74) is 6.75. The average Bonchev–Trinajstić information content (AvgIpc) is 2.29. The van der Waals surface area contributed by atoms with Gasteiger partial charge in [0.05, 0.1) is 24.4 Å². The van der Waals surface area contributed by atoms with Crippen LogP contribution in [0.15, 0.2) is 24.4 Å². The predicted octanol–water partition coefficient (Wildman–Crippen LogP) is 0.412. The molecule has 1 aliphatic heterocycles. The van der Waals surface area contributed by atoms with Crippen molar-refractivity contribution in [1.82, 2.24) is 9.88 Å². The lowest BCUT2D eigenvalue weighted by Gasteiger charge is -2.38. The van der Waals surface area contributed by atoms with E-state index in [0.717, 1.165) is 18.8 Å². The third-order valence-corrected chi connectivity index (χ3v) is 2.83. The summed E-state index contributed by atoms with van der Waals surface area (Å²) in [6.45, 7) is 2.21. The molecule has 4 nitrogen and oxygen atoms in total. The Kier molecular flexibility index (Phi) is 3.30. The van der Waals surface area contributed by atoms with Crippen molar-refractivity contribution in [3.63, 3.8) is 0 Å². The maximum absolute atomic E-state index is 5.71. The minimum atomic E-state index is 0.0543. The second-order valence-corrected chi connectivity index (χ2v) is 3.82. The summed E-state index contributed by atoms with van der Waals surface area (Å²) < 4.78 is 5.66. The molecule has 15 heavy (non-hydrogen) atoms. The summed E-state index contributed by atoms with van der Waals surface area (Å²) in [5.74, 6) is 0. The van der Waals surface area contributed by atoms with Crippen LogP contribution in [0.5, 0.6) is 0 Å². The molecule has 0 bridgehead atoms. The Bertz CT molecular complexity index is 304. The summed E-state index contributed by atoms with van der Waals surface area (Å²) >= 11 is 0. The second-order valence-electron chi connectivity index (χ2n) is 3.82. The van der Waals surface area contributed by atoms with Crippen LogP contribution in [-0.2, 0) is 4.74 Å². The molecule has 1 fully saturated rings. The Hall–Kier alpha value is -0.970. The van der Waals surface area contributed by atoms with Crippen molar-refractivity contribution in [3.05, 3.63) is 30.1 Å². The van der Waals surface area contributed by atoms with E-state index in [1.807, 2.05) is 24.4 Å². The molecule has 82 valence electrons. The number of rotatable bonds is 2. The topological polar surface area (TPSA) is 51.4 Å². The van der Waals surface area contributed by atoms with Gasteiger partial charge in [-0.25, -0.2) is 0 Å². The van der Waals surface area contributed by atoms with Crippen molar-refractivity contribution >= 4 is 0 Å². The van der Waals surface area contributed by atoms with Crippen molar-refractivity contribution in [2.75, 3.05) is 26.7 Å². The van der Waals surface area contributed by atoms with Crippen LogP contribution in [0.1, 0.15) is 11.7 Å². The molecule has 0 amide bonds. The van der Waals surface area contributed by atoms with Gasteiger partial charge in [-0.1, -0.05) is 6.07 Å². The van der Waals surface area contributed by atoms with Gasteiger partial charge in [-0.3, -0.25) is 9.88 Å². The van der Waals surface area contributed by atoms with Gasteiger partial charge in [0.15, 0.2) is 0 Å². The highest BCUT2D eigenvalue weighted by molar-refractivity contribution is 5.11. The van der Waals surface area contributed by atoms with E-state index in [1.54, 1.807) is 0 Å². The fourth-order valence-electron chi connectivity index (χ4n) is 2.03. The Morgan fingerprint density at radius 1 is 1.60 bits per heavy atom. The Balaban J connectivity index is 2.23. The van der Waals surface area contributed by atoms with Crippen LogP contribution in [0, 0.1) is 0 Å². The molecule has 2 unspecified atom stereocenters. The number of ether oxygens (including phenoxy) is 1. The van der Waals surface area contributed by atoms with Gasteiger partial charge in [0.25, 0.3) is 0 Å². The van der Waals surface area contributed by atoms with Crippen LogP contribution in [-0.4, -0.2) is 42.7 Å². The van der Waals surface area contributed by atoms with Crippen LogP contribution in [0.2, 0.25) is 0 Å². The molecule has 2 heterocycles. The largest absolute Gasteiger partial charge is 0.374 e. The monoisotopic (exact) mass is 207 g/mol. The number of aromatic nitrogens is 1. The molecular formula is C11H17N3O. The smallest absolute Gasteiger partial charge is 0.0909 e. The van der Waals surface area contributed by atoms with Gasteiger partial charge in [-0.05, 0) is 19.2 Å². The Labute approximate surface area is 90.0 Å². The van der Waals surface area contributed by atoms with Crippen LogP contribution in [0.25, 0.3) is 0 Å². The predicted molar refractivity (Wildman–Crippen MR) is 58.4 cm³/mol. The summed E-state index contributed by atoms with van der Waals surface area (Å²) in [4.78, 5) is 6.63. The zero-order chi connectivity index (χ0) is 10.7. The molecule has 1 aromatic heterocycles. The molecule has 4 heteroatoms. The first-order valence-electron chi connectivity index (χ1n) is 5.26. The third kappa shape index (κ3) is 2.17. The van der Waals surface area contributed by atoms with Gasteiger partial charge in [0, 0.05) is 19.3 Å². The fourth-order valence-corrected chi connectivity index (χ4v) is 2.03. The summed E-state index contributed by atoms with van der Waals surface area (Å²) in [7, 11) is 2.09. The molecule has 0 saturated carbocycles. The molecular weight excluding hydrogens is 190 g/mol. The minimum absolute atomic E-state index is 0.0543. The van der Waals surface area contributed by atoms with Crippen LogP contribution < -0.4 is 5.73 Å². The highest BCUT2D eigenvalue weighted by atomic mass is 16.5. The van der Waals surface area contributed by atoms with Crippen molar-refractivity contribution < 1.29 is 4.74 Å². The molecule has 1 aliphatic rings. The number of likely N-dealkylation sites (N-methyl/N-ethyl adjacent to an activating group) is 1. The number of hydrogen-bond donors (Lipinski definition) is 1. The summed E-state index contributed by atoms with van der Waals surface area (Å²) in [6, 6.07) is 6.13. The third-order valence-electron chi connectivity index (χ3n) is 2.83. The molecule has 0 aliphatic carbocycles. The summed E-state index contributed by atoms with van der Waals surface area (Å²) in [5, 5.41) is 0. The lowest BCUT2D eigenvalue weighted by molar-refractivity contribution is -0.0590. The molecule has 1 aromatic rings. The molecule has 0 radical (unpaired) electrons. The van der Waals surface area contributed by atoms with Crippen molar-refractivity contribution in [1.29, 1.82) is 0 Å². The lowest BCUT2D eigenvalue weighted by Crippen LogP contribution is -2.46. The average molecular weight is 207 g/mol. The first kappa shape index (κ1) is 10.5. The highest BCUT2D eigenvalue weighted by Gasteiger charge is 2.31. The van der Waals surface area contributed by atoms with E-state index in [9.17, 15) is 0 Å². The van der Waals surface area contributed by atoms with E-state index < -0.39 is 0 Å². The van der Waals surface area contributed by atoms with Crippen molar-refractivity contribution in [2.45, 2.75) is 12.1 Å². The van der Waals surface area contributed by atoms with Crippen molar-refractivity contribution in [2.24, 2.45) is 5.73 Å². The van der Waals surface area contributed by atoms with Gasteiger partial charge in [0.1, 0.15) is 0 Å². The number of morpholine rings is 1. The molecule has 2 N–H and O–H groups in total. The number of pyridine rings is 1. The van der Waals surface area contributed by atoms with Crippen molar-refractivity contribution in [3.8, 4) is 0 Å². The molecule has 0 aromatic carbocycles. The van der Waals surface area contributed by atoms with Gasteiger partial charge in [-0.2, -0.15) is 0 Å². The standard InChI is InChI=1S/C11H17N3O/c1-14-6-7-15-10(8-12)11(14)9-4-2-3-5-13-9/h2-5,10-11H,6-8,12H2,1H3. The van der Waals surface area contributed by atoms with Gasteiger partial charge in [-0.15, -0.1) is 0 Å². The van der Waals surface area contributed by atoms with Gasteiger partial charge in [0.2, 0.25) is 0 Å². The first-order chi connectivity index (χ1) is 7.33. The number of nitrogens with zero attached hydrogens (tertiary/aromatic N) is 2. The maximum Gasteiger partial charge on any atom is 0.0909 e. The molecule has 0 spiro atoms. The fraction of sp³-hybridized carbons (Fsp3) is 0.545. The lowest BCUT2D eigenvalue weighted by atomic mass is 10.0. The zero-order valence-electron chi connectivity index (χ0n) is 8.97. The molecule has 2 rings (SSSR count). The molecule has 2 atom stereocenters. The number of nitrogens with two attached hydrogens (primary N) is 1. The van der Waals surface area contributed by atoms with Gasteiger partial charge >= 0.3 is 0 Å². The van der Waals surface area contributed by atoms with E-state index in [4.69, 9.17) is 10.5 Å². The van der Waals surface area contributed by atoms with E-state index in [0.29, 0.717) is 6.54 Å². The Morgan fingerprint density at radius 2 is 2.47 bits per heavy atom. The van der Waals surface area contributed by atoms with Crippen LogP contribution >= 0.6 is 0 Å². The van der Waals surface area contributed by atoms with Crippen LogP contribution in [0.3, 0.4) is 0 Å². The van der Waals surface area contributed by atoms with E-state index >= 15 is 0 Å². The van der Waals surface area contributed by atoms with E-state index in [1.165, 1.54) is 0 Å². The Morgan fingerprint density at radius 3 is 3.13 bits per heavy atom. The van der Waals surface area contributed by atoms with E-state index in [2.05, 4.69) is 16.9 Å². The minimum Gasteiger partial charge on any atom is -0.374 e. The maximum atomic E-state index is 5.71. The normalized spacial score (nSPS) is 27.9. The SMILES string of the molecule is CN1CCOC(CN)C1c1ccccn1. The van der Waals surface area contributed by atoms with Crippen LogP contribution in [0.4, 0.5) is 0 Å². The highest BCUT2D eigenvalue weighted by Crippen LogP contribution is 2.25. The van der Waals surface area contributed by atoms with Gasteiger partial charge < -0.3 is 10.5 Å². The first-order valence-corrected chi connectivity index (χ1v) is 5.26.